The van der Waals surface area contributed by atoms with Crippen LogP contribution in [0.1, 0.15) is 52.6 Å². The van der Waals surface area contributed by atoms with Gasteiger partial charge in [-0.15, -0.1) is 0 Å². The van der Waals surface area contributed by atoms with E-state index in [2.05, 4.69) is 64.0 Å². The second kappa shape index (κ2) is 8.17. The molecule has 0 aromatic heterocycles. The second-order valence-corrected chi connectivity index (χ2v) is 7.35. The second-order valence-electron chi connectivity index (χ2n) is 6.94. The van der Waals surface area contributed by atoms with Gasteiger partial charge in [0.1, 0.15) is 0 Å². The predicted molar refractivity (Wildman–Crippen MR) is 94.0 cm³/mol. The Hall–Kier alpha value is -0.570. The number of hydrogen-bond donors (Lipinski definition) is 1. The fourth-order valence-electron chi connectivity index (χ4n) is 2.56. The highest BCUT2D eigenvalue weighted by atomic mass is 35.5. The van der Waals surface area contributed by atoms with E-state index in [0.717, 1.165) is 24.5 Å². The summed E-state index contributed by atoms with van der Waals surface area (Å²) in [6, 6.07) is 9.02. The van der Waals surface area contributed by atoms with E-state index in [0.29, 0.717) is 17.5 Å². The van der Waals surface area contributed by atoms with Gasteiger partial charge in [0, 0.05) is 17.1 Å². The quantitative estimate of drug-likeness (QED) is 0.782. The lowest BCUT2D eigenvalue weighted by Crippen LogP contribution is -2.40. The fraction of sp³-hybridized carbons (Fsp3) is 0.667. The molecule has 0 saturated heterocycles. The maximum atomic E-state index is 6.35. The van der Waals surface area contributed by atoms with E-state index in [4.69, 9.17) is 11.6 Å². The summed E-state index contributed by atoms with van der Waals surface area (Å²) in [4.78, 5) is 2.45. The van der Waals surface area contributed by atoms with Gasteiger partial charge in [-0.25, -0.2) is 0 Å². The summed E-state index contributed by atoms with van der Waals surface area (Å²) < 4.78 is 0. The summed E-state index contributed by atoms with van der Waals surface area (Å²) in [5.41, 5.74) is 1.50. The Morgan fingerprint density at radius 1 is 1.24 bits per heavy atom. The van der Waals surface area contributed by atoms with Crippen LogP contribution in [0.4, 0.5) is 0 Å². The number of rotatable bonds is 7. The summed E-state index contributed by atoms with van der Waals surface area (Å²) in [7, 11) is 2.21. The smallest absolute Gasteiger partial charge is 0.0453 e. The number of nitrogens with zero attached hydrogens (tertiary/aromatic N) is 1. The van der Waals surface area contributed by atoms with Crippen LogP contribution < -0.4 is 5.32 Å². The first kappa shape index (κ1) is 18.5. The maximum absolute atomic E-state index is 6.35. The van der Waals surface area contributed by atoms with Crippen LogP contribution in [0.2, 0.25) is 5.02 Å². The predicted octanol–water partition coefficient (Wildman–Crippen LogP) is 4.75. The molecule has 1 N–H and O–H groups in total. The molecule has 120 valence electrons. The van der Waals surface area contributed by atoms with Crippen molar-refractivity contribution in [1.82, 2.24) is 10.2 Å². The van der Waals surface area contributed by atoms with E-state index >= 15 is 0 Å². The third-order valence-corrected chi connectivity index (χ3v) is 4.76. The van der Waals surface area contributed by atoms with Crippen LogP contribution >= 0.6 is 11.6 Å². The van der Waals surface area contributed by atoms with Gasteiger partial charge in [0.15, 0.2) is 0 Å². The normalized spacial score (nSPS) is 15.2. The molecule has 0 amide bonds. The Balaban J connectivity index is 2.70. The molecule has 0 aliphatic carbocycles. The van der Waals surface area contributed by atoms with Crippen molar-refractivity contribution in [3.63, 3.8) is 0 Å². The van der Waals surface area contributed by atoms with E-state index in [1.54, 1.807) is 0 Å². The lowest BCUT2D eigenvalue weighted by atomic mass is 9.87. The number of nitrogens with one attached hydrogen (secondary N) is 1. The van der Waals surface area contributed by atoms with Crippen molar-refractivity contribution in [2.45, 2.75) is 53.1 Å². The molecule has 1 rings (SSSR count). The zero-order valence-electron chi connectivity index (χ0n) is 14.4. The van der Waals surface area contributed by atoms with E-state index < -0.39 is 0 Å². The van der Waals surface area contributed by atoms with Crippen molar-refractivity contribution < 1.29 is 0 Å². The van der Waals surface area contributed by atoms with E-state index in [1.807, 2.05) is 12.1 Å². The van der Waals surface area contributed by atoms with E-state index in [-0.39, 0.29) is 0 Å². The number of halogens is 1. The van der Waals surface area contributed by atoms with E-state index in [1.165, 1.54) is 5.56 Å². The van der Waals surface area contributed by atoms with Crippen LogP contribution in [0.3, 0.4) is 0 Å². The Labute approximate surface area is 135 Å². The van der Waals surface area contributed by atoms with Crippen LogP contribution in [-0.4, -0.2) is 31.1 Å². The molecule has 1 aromatic rings. The molecule has 0 fully saturated rings. The first-order valence-corrected chi connectivity index (χ1v) is 8.33. The number of benzene rings is 1. The standard InChI is InChI=1S/C18H31ClN2/c1-7-20-17(15-10-8-9-11-16(15)19)12-13-21(6)14(2)18(3,4)5/h8-11,14,17,20H,7,12-13H2,1-6H3. The SMILES string of the molecule is CCNC(CCN(C)C(C)C(C)(C)C)c1ccccc1Cl. The van der Waals surface area contributed by atoms with Crippen molar-refractivity contribution in [3.8, 4) is 0 Å². The van der Waals surface area contributed by atoms with Gasteiger partial charge in [-0.2, -0.15) is 0 Å². The third kappa shape index (κ3) is 5.61. The Morgan fingerprint density at radius 2 is 1.86 bits per heavy atom. The molecule has 0 heterocycles. The summed E-state index contributed by atoms with van der Waals surface area (Å²) in [6.07, 6.45) is 1.06. The Bertz CT molecular complexity index is 425. The minimum atomic E-state index is 0.298. The van der Waals surface area contributed by atoms with Crippen molar-refractivity contribution in [2.75, 3.05) is 20.1 Å². The highest BCUT2D eigenvalue weighted by molar-refractivity contribution is 6.31. The summed E-state index contributed by atoms with van der Waals surface area (Å²) in [6.45, 7) is 13.3. The minimum absolute atomic E-state index is 0.298. The Morgan fingerprint density at radius 3 is 2.38 bits per heavy atom. The molecule has 21 heavy (non-hydrogen) atoms. The van der Waals surface area contributed by atoms with Gasteiger partial charge in [0.2, 0.25) is 0 Å². The summed E-state index contributed by atoms with van der Waals surface area (Å²) in [5, 5.41) is 4.42. The van der Waals surface area contributed by atoms with Gasteiger partial charge < -0.3 is 10.2 Å². The lowest BCUT2D eigenvalue weighted by molar-refractivity contribution is 0.136. The van der Waals surface area contributed by atoms with Crippen molar-refractivity contribution >= 4 is 11.6 Å². The summed E-state index contributed by atoms with van der Waals surface area (Å²) in [5.74, 6) is 0. The molecule has 0 saturated carbocycles. The Kier molecular flexibility index (Phi) is 7.19. The lowest BCUT2D eigenvalue weighted by Gasteiger charge is -2.36. The van der Waals surface area contributed by atoms with Gasteiger partial charge in [-0.05, 0) is 50.5 Å². The third-order valence-electron chi connectivity index (χ3n) is 4.42. The highest BCUT2D eigenvalue weighted by Gasteiger charge is 2.24. The van der Waals surface area contributed by atoms with Gasteiger partial charge in [0.25, 0.3) is 0 Å². The van der Waals surface area contributed by atoms with E-state index in [9.17, 15) is 0 Å². The molecule has 2 unspecified atom stereocenters. The first-order valence-electron chi connectivity index (χ1n) is 7.95. The molecule has 0 aliphatic rings. The van der Waals surface area contributed by atoms with Gasteiger partial charge in [-0.3, -0.25) is 0 Å². The molecule has 0 aliphatic heterocycles. The van der Waals surface area contributed by atoms with Crippen LogP contribution in [0.5, 0.6) is 0 Å². The molecular formula is C18H31ClN2. The van der Waals surface area contributed by atoms with Crippen LogP contribution in [0.15, 0.2) is 24.3 Å². The fourth-order valence-corrected chi connectivity index (χ4v) is 2.83. The van der Waals surface area contributed by atoms with Crippen molar-refractivity contribution in [2.24, 2.45) is 5.41 Å². The molecule has 2 atom stereocenters. The molecule has 0 bridgehead atoms. The molecular weight excluding hydrogens is 280 g/mol. The van der Waals surface area contributed by atoms with Gasteiger partial charge in [0.05, 0.1) is 0 Å². The van der Waals surface area contributed by atoms with Crippen LogP contribution in [0, 0.1) is 5.41 Å². The van der Waals surface area contributed by atoms with Crippen LogP contribution in [-0.2, 0) is 0 Å². The van der Waals surface area contributed by atoms with Crippen LogP contribution in [0.25, 0.3) is 0 Å². The molecule has 3 heteroatoms. The topological polar surface area (TPSA) is 15.3 Å². The van der Waals surface area contributed by atoms with Crippen molar-refractivity contribution in [1.29, 1.82) is 0 Å². The zero-order chi connectivity index (χ0) is 16.0. The average Bonchev–Trinajstić information content (AvgIpc) is 2.42. The highest BCUT2D eigenvalue weighted by Crippen LogP contribution is 2.27. The molecule has 0 spiro atoms. The molecule has 1 aromatic carbocycles. The first-order chi connectivity index (χ1) is 9.77. The summed E-state index contributed by atoms with van der Waals surface area (Å²) >= 11 is 6.35. The van der Waals surface area contributed by atoms with Gasteiger partial charge >= 0.3 is 0 Å². The minimum Gasteiger partial charge on any atom is -0.310 e. The van der Waals surface area contributed by atoms with Gasteiger partial charge in [-0.1, -0.05) is 57.5 Å². The zero-order valence-corrected chi connectivity index (χ0v) is 15.2. The monoisotopic (exact) mass is 310 g/mol. The largest absolute Gasteiger partial charge is 0.310 e. The number of hydrogen-bond acceptors (Lipinski definition) is 2. The average molecular weight is 311 g/mol. The maximum Gasteiger partial charge on any atom is 0.0453 e. The molecule has 2 nitrogen and oxygen atoms in total. The molecule has 0 radical (unpaired) electrons. The van der Waals surface area contributed by atoms with Crippen molar-refractivity contribution in [3.05, 3.63) is 34.9 Å².